The van der Waals surface area contributed by atoms with Gasteiger partial charge in [0.1, 0.15) is 5.69 Å². The topological polar surface area (TPSA) is 54.4 Å². The molecular formula is C19H26F6N2O2. The maximum atomic E-state index is 13.0. The van der Waals surface area contributed by atoms with Crippen molar-refractivity contribution >= 4 is 0 Å². The molecule has 3 atom stereocenters. The minimum absolute atomic E-state index is 0.000543. The molecule has 1 saturated carbocycles. The molecule has 10 heteroatoms. The molecule has 1 heterocycles. The molecule has 0 amide bonds. The van der Waals surface area contributed by atoms with Gasteiger partial charge in [0.25, 0.3) is 0 Å². The van der Waals surface area contributed by atoms with Gasteiger partial charge in [0, 0.05) is 24.2 Å². The monoisotopic (exact) mass is 428 g/mol. The lowest BCUT2D eigenvalue weighted by Gasteiger charge is -2.42. The molecule has 0 aromatic carbocycles. The molecule has 1 aromatic rings. The Balaban J connectivity index is 2.25. The van der Waals surface area contributed by atoms with E-state index in [0.717, 1.165) is 6.07 Å². The van der Waals surface area contributed by atoms with Crippen molar-refractivity contribution in [3.8, 4) is 0 Å². The minimum Gasteiger partial charge on any atom is -0.382 e. The summed E-state index contributed by atoms with van der Waals surface area (Å²) in [7, 11) is 0. The molecule has 2 N–H and O–H groups in total. The van der Waals surface area contributed by atoms with Crippen LogP contribution in [0.25, 0.3) is 0 Å². The van der Waals surface area contributed by atoms with E-state index in [1.54, 1.807) is 0 Å². The van der Waals surface area contributed by atoms with Crippen molar-refractivity contribution in [3.05, 3.63) is 29.6 Å². The van der Waals surface area contributed by atoms with E-state index in [9.17, 15) is 31.4 Å². The van der Waals surface area contributed by atoms with E-state index < -0.39 is 36.2 Å². The fourth-order valence-electron chi connectivity index (χ4n) is 3.70. The highest BCUT2D eigenvalue weighted by atomic mass is 19.4. The Bertz CT molecular complexity index is 665. The highest BCUT2D eigenvalue weighted by Gasteiger charge is 2.42. The van der Waals surface area contributed by atoms with Crippen LogP contribution in [0.5, 0.6) is 0 Å². The SMILES string of the molecule is CC(C)OC1CCCC(Cc2cccc(C(F)(F)F)n2)(NCC(O)C(F)(F)F)C1. The summed E-state index contributed by atoms with van der Waals surface area (Å²) in [5.74, 6) is 0. The third-order valence-electron chi connectivity index (χ3n) is 4.93. The number of nitrogens with zero attached hydrogens (tertiary/aromatic N) is 1. The molecule has 1 aliphatic rings. The Morgan fingerprint density at radius 2 is 1.93 bits per heavy atom. The molecule has 3 unspecified atom stereocenters. The first-order valence-electron chi connectivity index (χ1n) is 9.49. The van der Waals surface area contributed by atoms with Crippen LogP contribution in [0.3, 0.4) is 0 Å². The van der Waals surface area contributed by atoms with Gasteiger partial charge in [0.2, 0.25) is 0 Å². The van der Waals surface area contributed by atoms with Crippen LogP contribution in [0, 0.1) is 0 Å². The quantitative estimate of drug-likeness (QED) is 0.638. The van der Waals surface area contributed by atoms with Crippen LogP contribution < -0.4 is 5.32 Å². The second-order valence-corrected chi connectivity index (χ2v) is 7.81. The lowest BCUT2D eigenvalue weighted by atomic mass is 9.76. The molecule has 0 saturated heterocycles. The molecule has 0 aliphatic heterocycles. The highest BCUT2D eigenvalue weighted by molar-refractivity contribution is 5.17. The summed E-state index contributed by atoms with van der Waals surface area (Å²) in [5, 5.41) is 12.2. The molecule has 4 nitrogen and oxygen atoms in total. The van der Waals surface area contributed by atoms with Crippen LogP contribution in [-0.4, -0.2) is 46.7 Å². The van der Waals surface area contributed by atoms with Crippen molar-refractivity contribution in [1.82, 2.24) is 10.3 Å². The van der Waals surface area contributed by atoms with Gasteiger partial charge in [-0.05, 0) is 51.7 Å². The van der Waals surface area contributed by atoms with Gasteiger partial charge < -0.3 is 15.2 Å². The predicted octanol–water partition coefficient (Wildman–Crippen LogP) is 4.26. The van der Waals surface area contributed by atoms with Gasteiger partial charge in [-0.2, -0.15) is 26.3 Å². The van der Waals surface area contributed by atoms with Gasteiger partial charge in [-0.3, -0.25) is 0 Å². The first-order chi connectivity index (χ1) is 13.3. The third kappa shape index (κ3) is 7.11. The van der Waals surface area contributed by atoms with Crippen molar-refractivity contribution in [3.63, 3.8) is 0 Å². The van der Waals surface area contributed by atoms with Gasteiger partial charge in [-0.15, -0.1) is 0 Å². The van der Waals surface area contributed by atoms with Crippen molar-refractivity contribution in [1.29, 1.82) is 0 Å². The van der Waals surface area contributed by atoms with Crippen molar-refractivity contribution in [2.75, 3.05) is 6.54 Å². The molecule has 166 valence electrons. The lowest BCUT2D eigenvalue weighted by Crippen LogP contribution is -2.55. The molecule has 0 radical (unpaired) electrons. The number of hydrogen-bond donors (Lipinski definition) is 2. The standard InChI is InChI=1S/C19H26F6N2O2/c1-12(2)29-14-6-4-8-17(10-14,26-11-16(28)19(23,24)25)9-13-5-3-7-15(27-13)18(20,21)22/h3,5,7,12,14,16,26,28H,4,6,8-11H2,1-2H3. The number of halogens is 6. The number of pyridine rings is 1. The Labute approximate surface area is 165 Å². The van der Waals surface area contributed by atoms with Gasteiger partial charge in [-0.1, -0.05) is 6.07 Å². The Morgan fingerprint density at radius 3 is 2.52 bits per heavy atom. The third-order valence-corrected chi connectivity index (χ3v) is 4.93. The summed E-state index contributed by atoms with van der Waals surface area (Å²) in [6.45, 7) is 2.92. The molecule has 1 aromatic heterocycles. The maximum Gasteiger partial charge on any atom is 0.433 e. The molecule has 0 spiro atoms. The largest absolute Gasteiger partial charge is 0.433 e. The lowest BCUT2D eigenvalue weighted by molar-refractivity contribution is -0.203. The second-order valence-electron chi connectivity index (χ2n) is 7.81. The van der Waals surface area contributed by atoms with Crippen LogP contribution in [0.2, 0.25) is 0 Å². The first kappa shape index (κ1) is 23.9. The van der Waals surface area contributed by atoms with E-state index in [0.29, 0.717) is 25.7 Å². The molecule has 2 rings (SSSR count). The fourth-order valence-corrected chi connectivity index (χ4v) is 3.70. The van der Waals surface area contributed by atoms with E-state index in [4.69, 9.17) is 4.74 Å². The van der Waals surface area contributed by atoms with Crippen LogP contribution in [0.1, 0.15) is 50.9 Å². The average Bonchev–Trinajstić information content (AvgIpc) is 2.58. The molecular weight excluding hydrogens is 402 g/mol. The van der Waals surface area contributed by atoms with Crippen LogP contribution in [-0.2, 0) is 17.3 Å². The summed E-state index contributed by atoms with van der Waals surface area (Å²) in [6.07, 6.45) is -10.2. The van der Waals surface area contributed by atoms with Gasteiger partial charge in [-0.25, -0.2) is 4.98 Å². The number of aromatic nitrogens is 1. The van der Waals surface area contributed by atoms with E-state index in [-0.39, 0.29) is 24.3 Å². The summed E-state index contributed by atoms with van der Waals surface area (Å²) in [6, 6.07) is 3.50. The molecule has 0 bridgehead atoms. The van der Waals surface area contributed by atoms with E-state index in [1.165, 1.54) is 12.1 Å². The predicted molar refractivity (Wildman–Crippen MR) is 94.2 cm³/mol. The van der Waals surface area contributed by atoms with Gasteiger partial charge in [0.15, 0.2) is 6.10 Å². The zero-order valence-corrected chi connectivity index (χ0v) is 16.3. The number of alkyl halides is 6. The number of β-amino-alcohol motifs (C(OH)–C–C–N with tert-alkyl or cyclic N) is 1. The first-order valence-corrected chi connectivity index (χ1v) is 9.49. The maximum absolute atomic E-state index is 13.0. The van der Waals surface area contributed by atoms with E-state index in [2.05, 4.69) is 10.3 Å². The van der Waals surface area contributed by atoms with E-state index in [1.807, 2.05) is 13.8 Å². The number of ether oxygens (including phenoxy) is 1. The summed E-state index contributed by atoms with van der Waals surface area (Å²) in [4.78, 5) is 3.65. The minimum atomic E-state index is -4.79. The Morgan fingerprint density at radius 1 is 1.24 bits per heavy atom. The van der Waals surface area contributed by atoms with Crippen molar-refractivity contribution in [2.24, 2.45) is 0 Å². The van der Waals surface area contributed by atoms with Gasteiger partial charge in [0.05, 0.1) is 12.2 Å². The van der Waals surface area contributed by atoms with Crippen molar-refractivity contribution < 1.29 is 36.2 Å². The smallest absolute Gasteiger partial charge is 0.382 e. The summed E-state index contributed by atoms with van der Waals surface area (Å²) in [5.41, 5.74) is -1.88. The number of rotatable bonds is 7. The Kier molecular flexibility index (Phi) is 7.56. The van der Waals surface area contributed by atoms with Crippen LogP contribution >= 0.6 is 0 Å². The molecule has 1 aliphatic carbocycles. The number of nitrogens with one attached hydrogen (secondary N) is 1. The summed E-state index contributed by atoms with van der Waals surface area (Å²) < 4.78 is 82.9. The van der Waals surface area contributed by atoms with Crippen molar-refractivity contribution in [2.45, 2.75) is 82.2 Å². The average molecular weight is 428 g/mol. The normalized spacial score (nSPS) is 24.7. The zero-order valence-electron chi connectivity index (χ0n) is 16.3. The molecule has 29 heavy (non-hydrogen) atoms. The van der Waals surface area contributed by atoms with Gasteiger partial charge >= 0.3 is 12.4 Å². The Hall–Kier alpha value is -1.39. The fraction of sp³-hybridized carbons (Fsp3) is 0.737. The molecule has 1 fully saturated rings. The summed E-state index contributed by atoms with van der Waals surface area (Å²) >= 11 is 0. The number of hydrogen-bond acceptors (Lipinski definition) is 4. The zero-order chi connectivity index (χ0) is 21.9. The highest BCUT2D eigenvalue weighted by Crippen LogP contribution is 2.35. The van der Waals surface area contributed by atoms with Crippen LogP contribution in [0.15, 0.2) is 18.2 Å². The number of aliphatic hydroxyl groups is 1. The van der Waals surface area contributed by atoms with Crippen LogP contribution in [0.4, 0.5) is 26.3 Å². The van der Waals surface area contributed by atoms with E-state index >= 15 is 0 Å². The second kappa shape index (κ2) is 9.18. The number of aliphatic hydroxyl groups excluding tert-OH is 1.